The third-order valence-electron chi connectivity index (χ3n) is 3.50. The molecule has 1 atom stereocenters. The molecule has 24 heavy (non-hydrogen) atoms. The van der Waals surface area contributed by atoms with Gasteiger partial charge in [0.1, 0.15) is 0 Å². The van der Waals surface area contributed by atoms with Crippen molar-refractivity contribution in [1.82, 2.24) is 5.32 Å². The zero-order valence-electron chi connectivity index (χ0n) is 13.4. The summed E-state index contributed by atoms with van der Waals surface area (Å²) in [5.74, 6) is -0.611. The van der Waals surface area contributed by atoms with Crippen LogP contribution in [0.4, 0.5) is 4.39 Å². The second-order valence-corrected chi connectivity index (χ2v) is 5.19. The average molecular weight is 324 g/mol. The van der Waals surface area contributed by atoms with Crippen molar-refractivity contribution < 1.29 is 13.9 Å². The number of carbonyl (C=O) groups is 1. The van der Waals surface area contributed by atoms with Crippen molar-refractivity contribution in [2.75, 3.05) is 7.11 Å². The fourth-order valence-corrected chi connectivity index (χ4v) is 2.15. The van der Waals surface area contributed by atoms with Crippen LogP contribution in [0.1, 0.15) is 29.7 Å². The first-order valence-corrected chi connectivity index (χ1v) is 7.35. The van der Waals surface area contributed by atoms with Gasteiger partial charge in [0.2, 0.25) is 5.91 Å². The van der Waals surface area contributed by atoms with Crippen LogP contribution in [0.3, 0.4) is 0 Å². The van der Waals surface area contributed by atoms with E-state index < -0.39 is 5.82 Å². The summed E-state index contributed by atoms with van der Waals surface area (Å²) in [4.78, 5) is 12.0. The standard InChI is InChI=1S/C19H17FN2O2/c1-13(16-7-3-15(12-21)4-8-16)22-19(23)10-6-14-5-9-18(24-2)17(20)11-14/h3-11,13H,1-2H3,(H,22,23)/b10-6+. The highest BCUT2D eigenvalue weighted by Crippen LogP contribution is 2.18. The molecule has 0 radical (unpaired) electrons. The number of benzene rings is 2. The summed E-state index contributed by atoms with van der Waals surface area (Å²) < 4.78 is 18.4. The van der Waals surface area contributed by atoms with Gasteiger partial charge in [0.25, 0.3) is 0 Å². The van der Waals surface area contributed by atoms with Crippen molar-refractivity contribution in [2.45, 2.75) is 13.0 Å². The highest BCUT2D eigenvalue weighted by molar-refractivity contribution is 5.92. The van der Waals surface area contributed by atoms with Gasteiger partial charge in [-0.05, 0) is 48.4 Å². The Bertz CT molecular complexity index is 792. The van der Waals surface area contributed by atoms with Gasteiger partial charge in [-0.2, -0.15) is 5.26 Å². The molecule has 2 aromatic rings. The van der Waals surface area contributed by atoms with Gasteiger partial charge >= 0.3 is 0 Å². The highest BCUT2D eigenvalue weighted by Gasteiger charge is 2.08. The predicted molar refractivity (Wildman–Crippen MR) is 89.7 cm³/mol. The smallest absolute Gasteiger partial charge is 0.244 e. The Hall–Kier alpha value is -3.13. The molecule has 0 saturated heterocycles. The van der Waals surface area contributed by atoms with E-state index in [1.807, 2.05) is 13.0 Å². The van der Waals surface area contributed by atoms with Crippen molar-refractivity contribution in [1.29, 1.82) is 5.26 Å². The zero-order chi connectivity index (χ0) is 17.5. The topological polar surface area (TPSA) is 62.1 Å². The molecule has 1 amide bonds. The SMILES string of the molecule is COc1ccc(/C=C/C(=O)NC(C)c2ccc(C#N)cc2)cc1F. The molecule has 0 aromatic heterocycles. The van der Waals surface area contributed by atoms with E-state index in [4.69, 9.17) is 10.00 Å². The Morgan fingerprint density at radius 2 is 2.00 bits per heavy atom. The molecule has 4 nitrogen and oxygen atoms in total. The number of ether oxygens (including phenoxy) is 1. The van der Waals surface area contributed by atoms with E-state index in [0.29, 0.717) is 11.1 Å². The number of nitrogens with zero attached hydrogens (tertiary/aromatic N) is 1. The molecule has 2 aromatic carbocycles. The molecular formula is C19H17FN2O2. The molecule has 122 valence electrons. The first kappa shape index (κ1) is 17.2. The van der Waals surface area contributed by atoms with Gasteiger partial charge in [-0.15, -0.1) is 0 Å². The summed E-state index contributed by atoms with van der Waals surface area (Å²) in [6, 6.07) is 13.3. The van der Waals surface area contributed by atoms with E-state index in [2.05, 4.69) is 5.32 Å². The fourth-order valence-electron chi connectivity index (χ4n) is 2.15. The second-order valence-electron chi connectivity index (χ2n) is 5.19. The van der Waals surface area contributed by atoms with Crippen LogP contribution < -0.4 is 10.1 Å². The van der Waals surface area contributed by atoms with Crippen LogP contribution in [-0.4, -0.2) is 13.0 Å². The van der Waals surface area contributed by atoms with E-state index in [-0.39, 0.29) is 17.7 Å². The molecule has 0 heterocycles. The average Bonchev–Trinajstić information content (AvgIpc) is 2.60. The van der Waals surface area contributed by atoms with Crippen LogP contribution >= 0.6 is 0 Å². The summed E-state index contributed by atoms with van der Waals surface area (Å²) in [6.07, 6.45) is 2.88. The van der Waals surface area contributed by atoms with E-state index in [0.717, 1.165) is 5.56 Å². The van der Waals surface area contributed by atoms with Gasteiger partial charge in [-0.1, -0.05) is 18.2 Å². The molecule has 1 unspecified atom stereocenters. The number of nitrogens with one attached hydrogen (secondary N) is 1. The summed E-state index contributed by atoms with van der Waals surface area (Å²) in [6.45, 7) is 1.85. The molecule has 0 aliphatic rings. The van der Waals surface area contributed by atoms with Crippen LogP contribution in [-0.2, 0) is 4.79 Å². The van der Waals surface area contributed by atoms with Gasteiger partial charge in [-0.25, -0.2) is 4.39 Å². The first-order valence-electron chi connectivity index (χ1n) is 7.35. The Labute approximate surface area is 140 Å². The lowest BCUT2D eigenvalue weighted by molar-refractivity contribution is -0.117. The van der Waals surface area contributed by atoms with Crippen molar-refractivity contribution in [3.05, 3.63) is 71.0 Å². The van der Waals surface area contributed by atoms with E-state index in [1.165, 1.54) is 31.4 Å². The molecule has 0 bridgehead atoms. The molecule has 5 heteroatoms. The number of halogens is 1. The van der Waals surface area contributed by atoms with Crippen LogP contribution in [0.15, 0.2) is 48.5 Å². The monoisotopic (exact) mass is 324 g/mol. The van der Waals surface area contributed by atoms with Crippen LogP contribution in [0, 0.1) is 17.1 Å². The molecule has 0 aliphatic carbocycles. The normalized spacial score (nSPS) is 11.8. The van der Waals surface area contributed by atoms with Gasteiger partial charge in [0.05, 0.1) is 24.8 Å². The van der Waals surface area contributed by atoms with Crippen LogP contribution in [0.2, 0.25) is 0 Å². The third kappa shape index (κ3) is 4.43. The Balaban J connectivity index is 1.99. The molecule has 1 N–H and O–H groups in total. The molecule has 0 aliphatic heterocycles. The van der Waals surface area contributed by atoms with Gasteiger partial charge in [0, 0.05) is 6.08 Å². The third-order valence-corrected chi connectivity index (χ3v) is 3.50. The van der Waals surface area contributed by atoms with Gasteiger partial charge in [0.15, 0.2) is 11.6 Å². The maximum atomic E-state index is 13.6. The number of nitriles is 1. The minimum atomic E-state index is -0.481. The fraction of sp³-hybridized carbons (Fsp3) is 0.158. The van der Waals surface area contributed by atoms with Gasteiger partial charge < -0.3 is 10.1 Å². The van der Waals surface area contributed by atoms with E-state index in [1.54, 1.807) is 30.3 Å². The quantitative estimate of drug-likeness (QED) is 0.855. The highest BCUT2D eigenvalue weighted by atomic mass is 19.1. The minimum Gasteiger partial charge on any atom is -0.494 e. The number of hydrogen-bond donors (Lipinski definition) is 1. The molecule has 0 saturated carbocycles. The van der Waals surface area contributed by atoms with Crippen molar-refractivity contribution in [3.8, 4) is 11.8 Å². The lowest BCUT2D eigenvalue weighted by Gasteiger charge is -2.12. The van der Waals surface area contributed by atoms with Crippen molar-refractivity contribution in [3.63, 3.8) is 0 Å². The van der Waals surface area contributed by atoms with E-state index in [9.17, 15) is 9.18 Å². The zero-order valence-corrected chi connectivity index (χ0v) is 13.4. The van der Waals surface area contributed by atoms with E-state index >= 15 is 0 Å². The Kier molecular flexibility index (Phi) is 5.69. The largest absolute Gasteiger partial charge is 0.494 e. The molecule has 2 rings (SSSR count). The first-order chi connectivity index (χ1) is 11.5. The van der Waals surface area contributed by atoms with Crippen LogP contribution in [0.25, 0.3) is 6.08 Å². The number of carbonyl (C=O) groups excluding carboxylic acids is 1. The second kappa shape index (κ2) is 7.93. The molecule has 0 fully saturated rings. The number of rotatable bonds is 5. The summed E-state index contributed by atoms with van der Waals surface area (Å²) in [7, 11) is 1.39. The maximum absolute atomic E-state index is 13.6. The molecular weight excluding hydrogens is 307 g/mol. The number of methoxy groups -OCH3 is 1. The minimum absolute atomic E-state index is 0.158. The van der Waals surface area contributed by atoms with Gasteiger partial charge in [-0.3, -0.25) is 4.79 Å². The Morgan fingerprint density at radius 1 is 1.29 bits per heavy atom. The van der Waals surface area contributed by atoms with Crippen LogP contribution in [0.5, 0.6) is 5.75 Å². The summed E-state index contributed by atoms with van der Waals surface area (Å²) >= 11 is 0. The molecule has 0 spiro atoms. The lowest BCUT2D eigenvalue weighted by Crippen LogP contribution is -2.24. The Morgan fingerprint density at radius 3 is 2.58 bits per heavy atom. The summed E-state index contributed by atoms with van der Waals surface area (Å²) in [5.41, 5.74) is 2.03. The number of amides is 1. The predicted octanol–water partition coefficient (Wildman–Crippen LogP) is 3.60. The van der Waals surface area contributed by atoms with Crippen molar-refractivity contribution in [2.24, 2.45) is 0 Å². The summed E-state index contributed by atoms with van der Waals surface area (Å²) in [5, 5.41) is 11.6. The lowest BCUT2D eigenvalue weighted by atomic mass is 10.1. The number of hydrogen-bond acceptors (Lipinski definition) is 3. The maximum Gasteiger partial charge on any atom is 0.244 e. The van der Waals surface area contributed by atoms with Crippen molar-refractivity contribution >= 4 is 12.0 Å².